The highest BCUT2D eigenvalue weighted by molar-refractivity contribution is 7.90. The molecule has 6 nitrogen and oxygen atoms in total. The molecular formula is C13H18N2O4S. The van der Waals surface area contributed by atoms with E-state index in [0.717, 1.165) is 19.3 Å². The third kappa shape index (κ3) is 3.27. The summed E-state index contributed by atoms with van der Waals surface area (Å²) in [5.74, 6) is -0.864. The lowest BCUT2D eigenvalue weighted by Crippen LogP contribution is -2.41. The summed E-state index contributed by atoms with van der Waals surface area (Å²) in [7, 11) is -3.71. The first-order valence-electron chi connectivity index (χ1n) is 6.66. The van der Waals surface area contributed by atoms with Gasteiger partial charge in [0.1, 0.15) is 5.56 Å². The Hall–Kier alpha value is -1.63. The van der Waals surface area contributed by atoms with Crippen molar-refractivity contribution < 1.29 is 13.2 Å². The maximum atomic E-state index is 12.1. The van der Waals surface area contributed by atoms with Gasteiger partial charge in [-0.15, -0.1) is 0 Å². The lowest BCUT2D eigenvalue weighted by molar-refractivity contribution is 0.0979. The number of amides is 1. The number of hydrogen-bond donors (Lipinski definition) is 2. The zero-order valence-corrected chi connectivity index (χ0v) is 12.1. The van der Waals surface area contributed by atoms with Gasteiger partial charge in [0.15, 0.2) is 0 Å². The summed E-state index contributed by atoms with van der Waals surface area (Å²) in [5.41, 5.74) is -0.155. The second-order valence-corrected chi connectivity index (χ2v) is 7.08. The van der Waals surface area contributed by atoms with Crippen molar-refractivity contribution in [2.24, 2.45) is 0 Å². The molecule has 0 aromatic carbocycles. The molecule has 0 bridgehead atoms. The van der Waals surface area contributed by atoms with Crippen molar-refractivity contribution >= 4 is 15.9 Å². The fourth-order valence-corrected chi connectivity index (χ4v) is 3.88. The Morgan fingerprint density at radius 3 is 2.50 bits per heavy atom. The second-order valence-electron chi connectivity index (χ2n) is 5.12. The predicted molar refractivity (Wildman–Crippen MR) is 75.1 cm³/mol. The van der Waals surface area contributed by atoms with E-state index in [1.807, 2.05) is 4.72 Å². The number of nitrogens with one attached hydrogen (secondary N) is 2. The normalized spacial score (nSPS) is 16.9. The third-order valence-electron chi connectivity index (χ3n) is 3.53. The SMILES string of the molecule is Cc1ccc(C(=O)NS(=O)(=O)C2CCCCC2)c(=O)[nH]1. The molecule has 1 amide bonds. The van der Waals surface area contributed by atoms with Crippen LogP contribution in [0.4, 0.5) is 0 Å². The molecule has 0 radical (unpaired) electrons. The maximum absolute atomic E-state index is 12.1. The van der Waals surface area contributed by atoms with Gasteiger partial charge in [-0.25, -0.2) is 13.1 Å². The van der Waals surface area contributed by atoms with Crippen LogP contribution in [-0.4, -0.2) is 24.6 Å². The van der Waals surface area contributed by atoms with Crippen molar-refractivity contribution in [3.05, 3.63) is 33.7 Å². The lowest BCUT2D eigenvalue weighted by atomic mass is 10.0. The number of hydrogen-bond acceptors (Lipinski definition) is 4. The van der Waals surface area contributed by atoms with Crippen LogP contribution in [-0.2, 0) is 10.0 Å². The van der Waals surface area contributed by atoms with Crippen molar-refractivity contribution in [2.75, 3.05) is 0 Å². The Morgan fingerprint density at radius 2 is 1.90 bits per heavy atom. The minimum Gasteiger partial charge on any atom is -0.326 e. The standard InChI is InChI=1S/C13H18N2O4S/c1-9-7-8-11(12(16)14-9)13(17)15-20(18,19)10-5-3-2-4-6-10/h7-8,10H,2-6H2,1H3,(H,14,16)(H,15,17). The molecule has 7 heteroatoms. The van der Waals surface area contributed by atoms with Crippen LogP contribution in [0.2, 0.25) is 0 Å². The minimum atomic E-state index is -3.71. The number of carbonyl (C=O) groups is 1. The van der Waals surface area contributed by atoms with E-state index in [1.54, 1.807) is 13.0 Å². The van der Waals surface area contributed by atoms with E-state index in [1.165, 1.54) is 6.07 Å². The van der Waals surface area contributed by atoms with Gasteiger partial charge in [0.05, 0.1) is 5.25 Å². The average Bonchev–Trinajstić information content (AvgIpc) is 2.39. The molecule has 1 saturated carbocycles. The van der Waals surface area contributed by atoms with Crippen molar-refractivity contribution in [1.29, 1.82) is 0 Å². The van der Waals surface area contributed by atoms with Crippen molar-refractivity contribution in [3.63, 3.8) is 0 Å². The monoisotopic (exact) mass is 298 g/mol. The van der Waals surface area contributed by atoms with E-state index >= 15 is 0 Å². The molecule has 0 unspecified atom stereocenters. The Bertz CT molecular complexity index is 657. The highest BCUT2D eigenvalue weighted by Crippen LogP contribution is 2.23. The van der Waals surface area contributed by atoms with Gasteiger partial charge >= 0.3 is 0 Å². The van der Waals surface area contributed by atoms with E-state index in [0.29, 0.717) is 18.5 Å². The van der Waals surface area contributed by atoms with Gasteiger partial charge < -0.3 is 4.98 Å². The van der Waals surface area contributed by atoms with Crippen LogP contribution in [0.25, 0.3) is 0 Å². The molecule has 1 aliphatic rings. The van der Waals surface area contributed by atoms with Crippen LogP contribution < -0.4 is 10.3 Å². The summed E-state index contributed by atoms with van der Waals surface area (Å²) in [6.45, 7) is 1.68. The number of sulfonamides is 1. The molecule has 1 aromatic heterocycles. The molecule has 20 heavy (non-hydrogen) atoms. The Kier molecular flexibility index (Phi) is 4.27. The summed E-state index contributed by atoms with van der Waals surface area (Å²) in [4.78, 5) is 26.0. The molecule has 1 heterocycles. The smallest absolute Gasteiger partial charge is 0.270 e. The number of H-pyrrole nitrogens is 1. The topological polar surface area (TPSA) is 96.1 Å². The zero-order valence-electron chi connectivity index (χ0n) is 11.3. The van der Waals surface area contributed by atoms with E-state index in [4.69, 9.17) is 0 Å². The third-order valence-corrected chi connectivity index (χ3v) is 5.34. The van der Waals surface area contributed by atoms with E-state index in [-0.39, 0.29) is 5.56 Å². The molecule has 0 aliphatic heterocycles. The second kappa shape index (κ2) is 5.78. The van der Waals surface area contributed by atoms with E-state index in [2.05, 4.69) is 4.98 Å². The van der Waals surface area contributed by atoms with E-state index in [9.17, 15) is 18.0 Å². The van der Waals surface area contributed by atoms with Crippen LogP contribution in [0.15, 0.2) is 16.9 Å². The van der Waals surface area contributed by atoms with Crippen molar-refractivity contribution in [1.82, 2.24) is 9.71 Å². The minimum absolute atomic E-state index is 0.185. The molecule has 110 valence electrons. The summed E-state index contributed by atoms with van der Waals surface area (Å²) >= 11 is 0. The van der Waals surface area contributed by atoms with Gasteiger partial charge in [0, 0.05) is 5.69 Å². The maximum Gasteiger partial charge on any atom is 0.270 e. The number of pyridine rings is 1. The summed E-state index contributed by atoms with van der Waals surface area (Å²) in [6.07, 6.45) is 3.85. The average molecular weight is 298 g/mol. The summed E-state index contributed by atoms with van der Waals surface area (Å²) in [6, 6.07) is 2.89. The molecule has 0 saturated heterocycles. The number of aryl methyl sites for hydroxylation is 1. The highest BCUT2D eigenvalue weighted by atomic mass is 32.2. The van der Waals surface area contributed by atoms with E-state index < -0.39 is 26.7 Å². The molecule has 2 rings (SSSR count). The number of rotatable bonds is 3. The van der Waals surface area contributed by atoms with Crippen LogP contribution >= 0.6 is 0 Å². The molecular weight excluding hydrogens is 280 g/mol. The Labute approximate surface area is 117 Å². The first-order valence-corrected chi connectivity index (χ1v) is 8.20. The molecule has 1 aromatic rings. The quantitative estimate of drug-likeness (QED) is 0.872. The van der Waals surface area contributed by atoms with Gasteiger partial charge in [0.2, 0.25) is 10.0 Å². The number of aromatic amines is 1. The lowest BCUT2D eigenvalue weighted by Gasteiger charge is -2.21. The fourth-order valence-electron chi connectivity index (χ4n) is 2.39. The number of aromatic nitrogens is 1. The summed E-state index contributed by atoms with van der Waals surface area (Å²) < 4.78 is 26.2. The van der Waals surface area contributed by atoms with Crippen LogP contribution in [0.3, 0.4) is 0 Å². The van der Waals surface area contributed by atoms with Gasteiger partial charge in [0.25, 0.3) is 11.5 Å². The van der Waals surface area contributed by atoms with Gasteiger partial charge in [-0.3, -0.25) is 9.59 Å². The Balaban J connectivity index is 2.16. The number of carbonyl (C=O) groups excluding carboxylic acids is 1. The highest BCUT2D eigenvalue weighted by Gasteiger charge is 2.29. The molecule has 1 aliphatic carbocycles. The fraction of sp³-hybridized carbons (Fsp3) is 0.538. The zero-order chi connectivity index (χ0) is 14.8. The molecule has 1 fully saturated rings. The van der Waals surface area contributed by atoms with Crippen molar-refractivity contribution in [2.45, 2.75) is 44.3 Å². The van der Waals surface area contributed by atoms with Gasteiger partial charge in [-0.05, 0) is 31.9 Å². The van der Waals surface area contributed by atoms with Gasteiger partial charge in [-0.2, -0.15) is 0 Å². The van der Waals surface area contributed by atoms with Crippen molar-refractivity contribution in [3.8, 4) is 0 Å². The molecule has 0 atom stereocenters. The first-order chi connectivity index (χ1) is 9.40. The molecule has 2 N–H and O–H groups in total. The largest absolute Gasteiger partial charge is 0.326 e. The summed E-state index contributed by atoms with van der Waals surface area (Å²) in [5, 5.41) is -0.537. The first kappa shape index (κ1) is 14.8. The Morgan fingerprint density at radius 1 is 1.25 bits per heavy atom. The molecule has 0 spiro atoms. The van der Waals surface area contributed by atoms with Crippen LogP contribution in [0, 0.1) is 6.92 Å². The van der Waals surface area contributed by atoms with Crippen LogP contribution in [0.5, 0.6) is 0 Å². The van der Waals surface area contributed by atoms with Crippen LogP contribution in [0.1, 0.15) is 48.2 Å². The predicted octanol–water partition coefficient (Wildman–Crippen LogP) is 1.08. The van der Waals surface area contributed by atoms with Gasteiger partial charge in [-0.1, -0.05) is 19.3 Å².